The summed E-state index contributed by atoms with van der Waals surface area (Å²) in [6.07, 6.45) is 1.60. The van der Waals surface area contributed by atoms with Crippen LogP contribution in [0.2, 0.25) is 0 Å². The van der Waals surface area contributed by atoms with Crippen LogP contribution < -0.4 is 5.73 Å². The predicted molar refractivity (Wildman–Crippen MR) is 81.6 cm³/mol. The van der Waals surface area contributed by atoms with Crippen molar-refractivity contribution >= 4 is 27.0 Å². The molecule has 0 aliphatic carbocycles. The molecule has 20 heavy (non-hydrogen) atoms. The summed E-state index contributed by atoms with van der Waals surface area (Å²) in [4.78, 5) is 2.38. The molecule has 3 heterocycles. The maximum atomic E-state index is 11.6. The van der Waals surface area contributed by atoms with E-state index in [1.165, 1.54) is 4.88 Å². The van der Waals surface area contributed by atoms with E-state index in [-0.39, 0.29) is 17.5 Å². The molecule has 1 atom stereocenters. The van der Waals surface area contributed by atoms with Gasteiger partial charge in [0.25, 0.3) is 0 Å². The van der Waals surface area contributed by atoms with Crippen LogP contribution in [0, 0.1) is 0 Å². The Labute approximate surface area is 122 Å². The second kappa shape index (κ2) is 4.89. The lowest BCUT2D eigenvalue weighted by Crippen LogP contribution is -2.14. The van der Waals surface area contributed by atoms with E-state index in [0.717, 1.165) is 17.0 Å². The monoisotopic (exact) mass is 311 g/mol. The molecular weight excluding hydrogens is 294 g/mol. The van der Waals surface area contributed by atoms with Gasteiger partial charge in [0.1, 0.15) is 11.5 Å². The second-order valence-corrected chi connectivity index (χ2v) is 8.47. The van der Waals surface area contributed by atoms with Gasteiger partial charge in [0.2, 0.25) is 0 Å². The van der Waals surface area contributed by atoms with E-state index < -0.39 is 9.84 Å². The Kier molecular flexibility index (Phi) is 3.33. The number of nitrogens with two attached hydrogens (primary N) is 1. The first kappa shape index (κ1) is 13.6. The zero-order valence-corrected chi connectivity index (χ0v) is 12.9. The highest BCUT2D eigenvalue weighted by Crippen LogP contribution is 2.32. The molecule has 1 aliphatic heterocycles. The predicted octanol–water partition coefficient (Wildman–Crippen LogP) is 2.12. The second-order valence-electron chi connectivity index (χ2n) is 5.08. The Morgan fingerprint density at radius 3 is 2.90 bits per heavy atom. The minimum Gasteiger partial charge on any atom is -0.384 e. The van der Waals surface area contributed by atoms with Crippen LogP contribution in [0.5, 0.6) is 0 Å². The van der Waals surface area contributed by atoms with Gasteiger partial charge in [-0.2, -0.15) is 5.10 Å². The van der Waals surface area contributed by atoms with Crippen molar-refractivity contribution in [3.05, 3.63) is 23.1 Å². The Hall–Kier alpha value is -1.34. The fourth-order valence-electron chi connectivity index (χ4n) is 2.50. The molecule has 1 saturated heterocycles. The van der Waals surface area contributed by atoms with Gasteiger partial charge in [0.15, 0.2) is 9.84 Å². The third-order valence-corrected chi connectivity index (χ3v) is 6.58. The fourth-order valence-corrected chi connectivity index (χ4v) is 5.09. The molecule has 0 spiro atoms. The normalized spacial score (nSPS) is 21.4. The van der Waals surface area contributed by atoms with Crippen LogP contribution in [0.4, 0.5) is 5.82 Å². The maximum absolute atomic E-state index is 11.6. The molecular formula is C13H17N3O2S2. The van der Waals surface area contributed by atoms with Crippen molar-refractivity contribution in [2.24, 2.45) is 0 Å². The molecule has 7 heteroatoms. The van der Waals surface area contributed by atoms with Crippen molar-refractivity contribution in [2.75, 3.05) is 17.2 Å². The molecule has 108 valence electrons. The van der Waals surface area contributed by atoms with Gasteiger partial charge in [-0.05, 0) is 25.0 Å². The molecule has 3 rings (SSSR count). The summed E-state index contributed by atoms with van der Waals surface area (Å²) in [5, 5.41) is 4.51. The zero-order chi connectivity index (χ0) is 14.3. The van der Waals surface area contributed by atoms with E-state index in [1.807, 2.05) is 12.1 Å². The van der Waals surface area contributed by atoms with Gasteiger partial charge in [-0.15, -0.1) is 11.3 Å². The van der Waals surface area contributed by atoms with Crippen LogP contribution in [-0.2, 0) is 16.3 Å². The molecule has 2 N–H and O–H groups in total. The summed E-state index contributed by atoms with van der Waals surface area (Å²) < 4.78 is 24.8. The largest absolute Gasteiger partial charge is 0.384 e. The smallest absolute Gasteiger partial charge is 0.152 e. The SMILES string of the molecule is CCc1ccc(-c2cc(N)n(C3CCS(=O)(=O)C3)n2)s1. The van der Waals surface area contributed by atoms with Crippen molar-refractivity contribution in [1.82, 2.24) is 9.78 Å². The number of anilines is 1. The molecule has 1 aliphatic rings. The molecule has 1 unspecified atom stereocenters. The minimum absolute atomic E-state index is 0.126. The van der Waals surface area contributed by atoms with Crippen molar-refractivity contribution in [3.63, 3.8) is 0 Å². The Morgan fingerprint density at radius 1 is 1.50 bits per heavy atom. The van der Waals surface area contributed by atoms with Gasteiger partial charge in [0.05, 0.1) is 22.4 Å². The Bertz CT molecular complexity index is 731. The first-order valence-electron chi connectivity index (χ1n) is 6.63. The van der Waals surface area contributed by atoms with Crippen molar-refractivity contribution in [3.8, 4) is 10.6 Å². The molecule has 0 bridgehead atoms. The average molecular weight is 311 g/mol. The molecule has 0 aromatic carbocycles. The highest BCUT2D eigenvalue weighted by atomic mass is 32.2. The van der Waals surface area contributed by atoms with Crippen LogP contribution in [0.1, 0.15) is 24.3 Å². The van der Waals surface area contributed by atoms with E-state index in [2.05, 4.69) is 18.1 Å². The lowest BCUT2D eigenvalue weighted by Gasteiger charge is -2.09. The van der Waals surface area contributed by atoms with Gasteiger partial charge in [-0.25, -0.2) is 13.1 Å². The van der Waals surface area contributed by atoms with E-state index >= 15 is 0 Å². The third kappa shape index (κ3) is 2.47. The number of nitrogens with zero attached hydrogens (tertiary/aromatic N) is 2. The topological polar surface area (TPSA) is 78.0 Å². The van der Waals surface area contributed by atoms with Crippen molar-refractivity contribution in [1.29, 1.82) is 0 Å². The summed E-state index contributed by atoms with van der Waals surface area (Å²) >= 11 is 1.70. The summed E-state index contributed by atoms with van der Waals surface area (Å²) in [7, 11) is -2.93. The first-order chi connectivity index (χ1) is 9.48. The van der Waals surface area contributed by atoms with Gasteiger partial charge in [0, 0.05) is 10.9 Å². The zero-order valence-electron chi connectivity index (χ0n) is 11.2. The Morgan fingerprint density at radius 2 is 2.30 bits per heavy atom. The van der Waals surface area contributed by atoms with Gasteiger partial charge in [-0.3, -0.25) is 0 Å². The molecule has 2 aromatic rings. The van der Waals surface area contributed by atoms with Gasteiger partial charge < -0.3 is 5.73 Å². The standard InChI is InChI=1S/C13H17N3O2S2/c1-2-10-3-4-12(19-10)11-7-13(14)16(15-11)9-5-6-20(17,18)8-9/h3-4,7,9H,2,5-6,8,14H2,1H3. The van der Waals surface area contributed by atoms with Gasteiger partial charge in [-0.1, -0.05) is 6.92 Å². The van der Waals surface area contributed by atoms with Crippen molar-refractivity contribution in [2.45, 2.75) is 25.8 Å². The molecule has 0 radical (unpaired) electrons. The number of aryl methyl sites for hydroxylation is 1. The molecule has 1 fully saturated rings. The number of aromatic nitrogens is 2. The van der Waals surface area contributed by atoms with E-state index in [9.17, 15) is 8.42 Å². The fraction of sp³-hybridized carbons (Fsp3) is 0.462. The quantitative estimate of drug-likeness (QED) is 0.941. The highest BCUT2D eigenvalue weighted by molar-refractivity contribution is 7.91. The minimum atomic E-state index is -2.93. The third-order valence-electron chi connectivity index (χ3n) is 3.58. The number of hydrogen-bond donors (Lipinski definition) is 1. The number of thiophene rings is 1. The van der Waals surface area contributed by atoms with E-state index in [0.29, 0.717) is 12.2 Å². The Balaban J connectivity index is 1.91. The molecule has 0 amide bonds. The maximum Gasteiger partial charge on any atom is 0.152 e. The average Bonchev–Trinajstić information content (AvgIpc) is 3.07. The van der Waals surface area contributed by atoms with Crippen LogP contribution >= 0.6 is 11.3 Å². The van der Waals surface area contributed by atoms with E-state index in [4.69, 9.17) is 5.73 Å². The number of hydrogen-bond acceptors (Lipinski definition) is 5. The lowest BCUT2D eigenvalue weighted by molar-refractivity contribution is 0.508. The van der Waals surface area contributed by atoms with Crippen LogP contribution in [0.15, 0.2) is 18.2 Å². The number of rotatable bonds is 3. The summed E-state index contributed by atoms with van der Waals surface area (Å²) in [6, 6.07) is 5.84. The summed E-state index contributed by atoms with van der Waals surface area (Å²) in [5.41, 5.74) is 6.83. The van der Waals surface area contributed by atoms with Crippen LogP contribution in [0.3, 0.4) is 0 Å². The summed E-state index contributed by atoms with van der Waals surface area (Å²) in [5.74, 6) is 0.905. The molecule has 2 aromatic heterocycles. The lowest BCUT2D eigenvalue weighted by atomic mass is 10.3. The van der Waals surface area contributed by atoms with Crippen LogP contribution in [-0.4, -0.2) is 29.7 Å². The van der Waals surface area contributed by atoms with Gasteiger partial charge >= 0.3 is 0 Å². The first-order valence-corrected chi connectivity index (χ1v) is 9.27. The number of nitrogen functional groups attached to an aromatic ring is 1. The number of sulfone groups is 1. The highest BCUT2D eigenvalue weighted by Gasteiger charge is 2.31. The molecule has 0 saturated carbocycles. The van der Waals surface area contributed by atoms with E-state index in [1.54, 1.807) is 16.0 Å². The summed E-state index contributed by atoms with van der Waals surface area (Å²) in [6.45, 7) is 2.12. The molecule has 5 nitrogen and oxygen atoms in total. The van der Waals surface area contributed by atoms with Crippen LogP contribution in [0.25, 0.3) is 10.6 Å². The van der Waals surface area contributed by atoms with Crippen molar-refractivity contribution < 1.29 is 8.42 Å².